The lowest BCUT2D eigenvalue weighted by atomic mass is 9.88. The minimum atomic E-state index is -1.51. The molecule has 0 spiro atoms. The number of aromatic nitrogens is 1. The van der Waals surface area contributed by atoms with E-state index in [-0.39, 0.29) is 18.8 Å². The van der Waals surface area contributed by atoms with Gasteiger partial charge in [-0.1, -0.05) is 29.0 Å². The molecule has 20 heavy (non-hydrogen) atoms. The van der Waals surface area contributed by atoms with Gasteiger partial charge in [0.1, 0.15) is 4.34 Å². The highest BCUT2D eigenvalue weighted by molar-refractivity contribution is 7.19. The summed E-state index contributed by atoms with van der Waals surface area (Å²) in [5.74, 6) is -0.446. The van der Waals surface area contributed by atoms with Gasteiger partial charge < -0.3 is 9.64 Å². The highest BCUT2D eigenvalue weighted by Gasteiger charge is 2.46. The van der Waals surface area contributed by atoms with Crippen LogP contribution in [0.4, 0.5) is 13.9 Å². The highest BCUT2D eigenvalue weighted by atomic mass is 35.5. The molecule has 3 nitrogen and oxygen atoms in total. The Bertz CT molecular complexity index is 643. The third kappa shape index (κ3) is 2.23. The van der Waals surface area contributed by atoms with Crippen LogP contribution >= 0.6 is 22.9 Å². The van der Waals surface area contributed by atoms with Crippen molar-refractivity contribution in [3.8, 4) is 5.75 Å². The summed E-state index contributed by atoms with van der Waals surface area (Å²) in [6, 6.07) is 4.07. The van der Waals surface area contributed by atoms with Gasteiger partial charge in [-0.2, -0.15) is 0 Å². The standard InChI is InChI=1S/C13H11ClF2N2OS/c1-19-10-4-8(2-3-9(10)15)13(16)6-18(7-13)12-17-5-11(14)20-12/h2-5H,6-7H2,1H3. The summed E-state index contributed by atoms with van der Waals surface area (Å²) >= 11 is 7.11. The van der Waals surface area contributed by atoms with Crippen LogP contribution in [0.3, 0.4) is 0 Å². The zero-order chi connectivity index (χ0) is 14.3. The van der Waals surface area contributed by atoms with E-state index in [9.17, 15) is 8.78 Å². The van der Waals surface area contributed by atoms with E-state index in [1.54, 1.807) is 11.1 Å². The lowest BCUT2D eigenvalue weighted by Crippen LogP contribution is -2.56. The molecule has 1 aliphatic rings. The average molecular weight is 317 g/mol. The molecule has 1 aromatic carbocycles. The molecule has 0 radical (unpaired) electrons. The van der Waals surface area contributed by atoms with Gasteiger partial charge >= 0.3 is 0 Å². The van der Waals surface area contributed by atoms with Crippen LogP contribution in [-0.4, -0.2) is 25.2 Å². The molecule has 1 aromatic heterocycles. The molecule has 0 saturated carbocycles. The number of ether oxygens (including phenoxy) is 1. The molecular weight excluding hydrogens is 306 g/mol. The van der Waals surface area contributed by atoms with Gasteiger partial charge in [0.25, 0.3) is 0 Å². The first-order chi connectivity index (χ1) is 9.51. The minimum absolute atomic E-state index is 0.0512. The van der Waals surface area contributed by atoms with Gasteiger partial charge in [-0.05, 0) is 17.7 Å². The molecule has 7 heteroatoms. The molecule has 2 heterocycles. The zero-order valence-corrected chi connectivity index (χ0v) is 12.1. The van der Waals surface area contributed by atoms with Gasteiger partial charge in [0.05, 0.1) is 26.4 Å². The molecular formula is C13H11ClF2N2OS. The van der Waals surface area contributed by atoms with Crippen molar-refractivity contribution >= 4 is 28.1 Å². The fourth-order valence-electron chi connectivity index (χ4n) is 2.21. The lowest BCUT2D eigenvalue weighted by Gasteiger charge is -2.44. The quantitative estimate of drug-likeness (QED) is 0.864. The van der Waals surface area contributed by atoms with E-state index in [0.717, 1.165) is 0 Å². The monoisotopic (exact) mass is 316 g/mol. The Morgan fingerprint density at radius 1 is 1.45 bits per heavy atom. The molecule has 2 aromatic rings. The third-order valence-electron chi connectivity index (χ3n) is 3.29. The van der Waals surface area contributed by atoms with Crippen molar-refractivity contribution in [2.75, 3.05) is 25.1 Å². The average Bonchev–Trinajstić information content (AvgIpc) is 2.82. The maximum Gasteiger partial charge on any atom is 0.186 e. The molecule has 0 unspecified atom stereocenters. The Balaban J connectivity index is 1.79. The summed E-state index contributed by atoms with van der Waals surface area (Å²) in [4.78, 5) is 5.90. The highest BCUT2D eigenvalue weighted by Crippen LogP contribution is 2.41. The van der Waals surface area contributed by atoms with Crippen LogP contribution in [0.1, 0.15) is 5.56 Å². The SMILES string of the molecule is COc1cc(C2(F)CN(c3ncc(Cl)s3)C2)ccc1F. The normalized spacial score (nSPS) is 16.9. The zero-order valence-electron chi connectivity index (χ0n) is 10.6. The van der Waals surface area contributed by atoms with Crippen molar-refractivity contribution in [3.63, 3.8) is 0 Å². The van der Waals surface area contributed by atoms with Crippen LogP contribution in [0.5, 0.6) is 5.75 Å². The molecule has 0 amide bonds. The predicted molar refractivity (Wildman–Crippen MR) is 75.1 cm³/mol. The minimum Gasteiger partial charge on any atom is -0.494 e. The number of thiazole rings is 1. The number of benzene rings is 1. The van der Waals surface area contributed by atoms with Gasteiger partial charge in [-0.25, -0.2) is 13.8 Å². The van der Waals surface area contributed by atoms with Crippen LogP contribution in [0.15, 0.2) is 24.4 Å². The second kappa shape index (κ2) is 4.86. The van der Waals surface area contributed by atoms with Crippen molar-refractivity contribution in [1.82, 2.24) is 4.98 Å². The Morgan fingerprint density at radius 2 is 2.20 bits per heavy atom. The van der Waals surface area contributed by atoms with Crippen molar-refractivity contribution in [2.24, 2.45) is 0 Å². The summed E-state index contributed by atoms with van der Waals surface area (Å²) in [7, 11) is 1.36. The van der Waals surface area contributed by atoms with E-state index in [4.69, 9.17) is 16.3 Å². The molecule has 0 N–H and O–H groups in total. The predicted octanol–water partition coefficient (Wildman–Crippen LogP) is 3.63. The Morgan fingerprint density at radius 3 is 2.80 bits per heavy atom. The topological polar surface area (TPSA) is 25.4 Å². The van der Waals surface area contributed by atoms with Gasteiger partial charge in [-0.15, -0.1) is 0 Å². The summed E-state index contributed by atoms with van der Waals surface area (Å²) in [6.45, 7) is 0.345. The largest absolute Gasteiger partial charge is 0.494 e. The van der Waals surface area contributed by atoms with Crippen molar-refractivity contribution in [1.29, 1.82) is 0 Å². The van der Waals surface area contributed by atoms with Crippen LogP contribution in [0.25, 0.3) is 0 Å². The Labute approximate surface area is 123 Å². The number of hydrogen-bond acceptors (Lipinski definition) is 4. The fourth-order valence-corrected chi connectivity index (χ4v) is 3.11. The molecule has 1 fully saturated rings. The third-order valence-corrected chi connectivity index (χ3v) is 4.46. The van der Waals surface area contributed by atoms with Crippen LogP contribution < -0.4 is 9.64 Å². The molecule has 0 bridgehead atoms. The Hall–Kier alpha value is -1.40. The number of anilines is 1. The molecule has 1 saturated heterocycles. The molecule has 106 valence electrons. The first-order valence-electron chi connectivity index (χ1n) is 5.91. The van der Waals surface area contributed by atoms with Gasteiger partial charge in [0.15, 0.2) is 22.4 Å². The van der Waals surface area contributed by atoms with E-state index in [1.165, 1.54) is 36.6 Å². The van der Waals surface area contributed by atoms with Crippen molar-refractivity contribution in [3.05, 3.63) is 40.1 Å². The smallest absolute Gasteiger partial charge is 0.186 e. The van der Waals surface area contributed by atoms with E-state index in [1.807, 2.05) is 0 Å². The van der Waals surface area contributed by atoms with Crippen LogP contribution in [-0.2, 0) is 5.67 Å². The van der Waals surface area contributed by atoms with E-state index >= 15 is 0 Å². The maximum atomic E-state index is 14.8. The summed E-state index contributed by atoms with van der Waals surface area (Å²) in [5, 5.41) is 0.692. The lowest BCUT2D eigenvalue weighted by molar-refractivity contribution is 0.119. The van der Waals surface area contributed by atoms with Gasteiger partial charge in [0.2, 0.25) is 0 Å². The Kier molecular flexibility index (Phi) is 3.30. The number of halogens is 3. The summed E-state index contributed by atoms with van der Waals surface area (Å²) in [6.07, 6.45) is 1.54. The van der Waals surface area contributed by atoms with Crippen LogP contribution in [0.2, 0.25) is 4.34 Å². The van der Waals surface area contributed by atoms with Crippen LogP contribution in [0, 0.1) is 5.82 Å². The first-order valence-corrected chi connectivity index (χ1v) is 7.10. The fraction of sp³-hybridized carbons (Fsp3) is 0.308. The number of alkyl halides is 1. The second-order valence-electron chi connectivity index (χ2n) is 4.62. The molecule has 1 aliphatic heterocycles. The van der Waals surface area contributed by atoms with Gasteiger partial charge in [-0.3, -0.25) is 0 Å². The van der Waals surface area contributed by atoms with E-state index in [0.29, 0.717) is 15.0 Å². The maximum absolute atomic E-state index is 14.8. The number of rotatable bonds is 3. The second-order valence-corrected chi connectivity index (χ2v) is 6.26. The molecule has 3 rings (SSSR count). The number of methoxy groups -OCH3 is 1. The van der Waals surface area contributed by atoms with E-state index < -0.39 is 11.5 Å². The summed E-state index contributed by atoms with van der Waals surface area (Å²) < 4.78 is 33.5. The summed E-state index contributed by atoms with van der Waals surface area (Å²) in [5.41, 5.74) is -1.10. The number of nitrogens with zero attached hydrogens (tertiary/aromatic N) is 2. The number of hydrogen-bond donors (Lipinski definition) is 0. The van der Waals surface area contributed by atoms with Crippen molar-refractivity contribution < 1.29 is 13.5 Å². The van der Waals surface area contributed by atoms with Crippen molar-refractivity contribution in [2.45, 2.75) is 5.67 Å². The first kappa shape index (κ1) is 13.6. The van der Waals surface area contributed by atoms with E-state index in [2.05, 4.69) is 4.98 Å². The van der Waals surface area contributed by atoms with Gasteiger partial charge in [0, 0.05) is 0 Å². The molecule has 0 aliphatic carbocycles. The molecule has 0 atom stereocenters.